The molecule has 45 heavy (non-hydrogen) atoms. The molecule has 0 spiro atoms. The fourth-order valence-corrected chi connectivity index (χ4v) is 13.9. The van der Waals surface area contributed by atoms with Crippen LogP contribution in [0.3, 0.4) is 0 Å². The normalized spacial score (nSPS) is 45.2. The first-order valence-electron chi connectivity index (χ1n) is 19.1. The first kappa shape index (κ1) is 33.5. The number of carbonyl (C=O) groups is 2. The first-order chi connectivity index (χ1) is 21.2. The topological polar surface area (TPSA) is 69.6 Å². The van der Waals surface area contributed by atoms with Crippen LogP contribution in [0.1, 0.15) is 151 Å². The highest BCUT2D eigenvalue weighted by molar-refractivity contribution is 5.84. The van der Waals surface area contributed by atoms with Crippen LogP contribution in [-0.2, 0) is 9.59 Å². The summed E-state index contributed by atoms with van der Waals surface area (Å²) in [6, 6.07) is -0.611. The van der Waals surface area contributed by atoms with E-state index in [-0.39, 0.29) is 11.4 Å². The summed E-state index contributed by atoms with van der Waals surface area (Å²) in [5, 5.41) is 13.7. The average Bonchev–Trinajstić information content (AvgIpc) is 3.61. The third-order valence-electron chi connectivity index (χ3n) is 16.2. The number of likely N-dealkylation sites (tertiary alicyclic amines) is 1. The van der Waals surface area contributed by atoms with E-state index in [0.717, 1.165) is 50.0 Å². The Morgan fingerprint density at radius 3 is 2.33 bits per heavy atom. The summed E-state index contributed by atoms with van der Waals surface area (Å²) in [7, 11) is 0. The molecule has 5 saturated carbocycles. The number of amides is 1. The Morgan fingerprint density at radius 1 is 0.822 bits per heavy atom. The predicted octanol–water partition coefficient (Wildman–Crippen LogP) is 9.01. The number of aliphatic carboxylic acids is 1. The van der Waals surface area contributed by atoms with Crippen molar-refractivity contribution in [2.45, 2.75) is 162 Å². The number of carboxylic acids is 1. The number of hydrogen-bond donors (Lipinski definition) is 2. The van der Waals surface area contributed by atoms with Crippen molar-refractivity contribution in [3.8, 4) is 0 Å². The Bertz CT molecular complexity index is 1160. The van der Waals surface area contributed by atoms with Crippen LogP contribution in [-0.4, -0.2) is 46.6 Å². The minimum Gasteiger partial charge on any atom is -0.480 e. The number of carboxylic acid groups (broad SMARTS) is 1. The van der Waals surface area contributed by atoms with Gasteiger partial charge in [-0.15, -0.1) is 0 Å². The summed E-state index contributed by atoms with van der Waals surface area (Å²) in [6.07, 6.45) is 20.0. The molecule has 5 aliphatic carbocycles. The number of hydrogen-bond acceptors (Lipinski definition) is 3. The van der Waals surface area contributed by atoms with Gasteiger partial charge in [0.2, 0.25) is 5.91 Å². The summed E-state index contributed by atoms with van der Waals surface area (Å²) < 4.78 is 0. The Kier molecular flexibility index (Phi) is 8.91. The summed E-state index contributed by atoms with van der Waals surface area (Å²) in [5.74, 6) is 2.98. The second kappa shape index (κ2) is 12.0. The van der Waals surface area contributed by atoms with Crippen molar-refractivity contribution < 1.29 is 14.7 Å². The standard InChI is InChI=1S/C40H66N2O3/c1-27(2)28-17-22-40(41-25-10-8-9-14-33(43)42-26-11-13-30(42)35(44)45)24-23-38(6)29(34(28)40)15-16-32-37(5)20-12-19-36(3,4)31(37)18-21-39(32,38)7/h28-32,34,41H,1,8-26H2,2-7H3,(H,44,45)/t28-,29?,30?,31?,32?,34?,37-,38+,39+,40-/m0/s1. The highest BCUT2D eigenvalue weighted by Gasteiger charge is 2.70. The Balaban J connectivity index is 1.13. The molecule has 0 aromatic carbocycles. The summed E-state index contributed by atoms with van der Waals surface area (Å²) in [6.45, 7) is 21.9. The lowest BCUT2D eigenvalue weighted by Gasteiger charge is -2.72. The van der Waals surface area contributed by atoms with Gasteiger partial charge < -0.3 is 15.3 Å². The van der Waals surface area contributed by atoms with E-state index in [1.54, 1.807) is 4.90 Å². The zero-order valence-corrected chi connectivity index (χ0v) is 29.8. The van der Waals surface area contributed by atoms with Gasteiger partial charge in [-0.25, -0.2) is 4.79 Å². The van der Waals surface area contributed by atoms with Crippen LogP contribution in [0.15, 0.2) is 12.2 Å². The van der Waals surface area contributed by atoms with E-state index in [9.17, 15) is 14.7 Å². The molecule has 2 N–H and O–H groups in total. The number of unbranched alkanes of at least 4 members (excludes halogenated alkanes) is 2. The van der Waals surface area contributed by atoms with Crippen LogP contribution in [0.4, 0.5) is 0 Å². The third kappa shape index (κ3) is 5.27. The molecule has 5 nitrogen and oxygen atoms in total. The smallest absolute Gasteiger partial charge is 0.326 e. The average molecular weight is 623 g/mol. The minimum atomic E-state index is -0.852. The molecule has 6 fully saturated rings. The van der Waals surface area contributed by atoms with E-state index in [2.05, 4.69) is 53.4 Å². The SMILES string of the molecule is C=C(C)[C@@H]1CC[C@]2(NCCCCCC(=O)N3CCCC3C(=O)O)CC[C@]3(C)C(CCC4[C@@]5(C)CCCC(C)(C)C5CC[C@]43C)C12. The van der Waals surface area contributed by atoms with Crippen molar-refractivity contribution in [1.82, 2.24) is 10.2 Å². The number of nitrogens with one attached hydrogen (secondary N) is 1. The van der Waals surface area contributed by atoms with Gasteiger partial charge in [0.15, 0.2) is 0 Å². The van der Waals surface area contributed by atoms with Gasteiger partial charge in [0.05, 0.1) is 0 Å². The van der Waals surface area contributed by atoms with Crippen molar-refractivity contribution in [3.05, 3.63) is 12.2 Å². The molecule has 254 valence electrons. The molecule has 6 aliphatic rings. The van der Waals surface area contributed by atoms with Crippen LogP contribution in [0, 0.1) is 51.2 Å². The lowest BCUT2D eigenvalue weighted by atomic mass is 9.33. The number of fused-ring (bicyclic) bond motifs is 7. The van der Waals surface area contributed by atoms with Crippen LogP contribution < -0.4 is 5.32 Å². The van der Waals surface area contributed by atoms with Crippen molar-refractivity contribution in [1.29, 1.82) is 0 Å². The van der Waals surface area contributed by atoms with Gasteiger partial charge in [-0.3, -0.25) is 4.79 Å². The van der Waals surface area contributed by atoms with Gasteiger partial charge >= 0.3 is 5.97 Å². The second-order valence-electron chi connectivity index (χ2n) is 18.5. The fourth-order valence-electron chi connectivity index (χ4n) is 13.9. The number of nitrogens with zero attached hydrogens (tertiary/aromatic N) is 1. The van der Waals surface area contributed by atoms with Crippen molar-refractivity contribution >= 4 is 11.9 Å². The Morgan fingerprint density at radius 2 is 1.60 bits per heavy atom. The van der Waals surface area contributed by atoms with Gasteiger partial charge in [0, 0.05) is 18.5 Å². The maximum Gasteiger partial charge on any atom is 0.326 e. The number of allylic oxidation sites excluding steroid dienone is 1. The highest BCUT2D eigenvalue weighted by atomic mass is 16.4. The van der Waals surface area contributed by atoms with E-state index in [4.69, 9.17) is 0 Å². The molecule has 1 aliphatic heterocycles. The van der Waals surface area contributed by atoms with E-state index >= 15 is 0 Å². The van der Waals surface area contributed by atoms with Crippen LogP contribution in [0.25, 0.3) is 0 Å². The maximum atomic E-state index is 12.7. The largest absolute Gasteiger partial charge is 0.480 e. The van der Waals surface area contributed by atoms with Crippen molar-refractivity contribution in [2.75, 3.05) is 13.1 Å². The summed E-state index contributed by atoms with van der Waals surface area (Å²) in [4.78, 5) is 25.9. The molecular weight excluding hydrogens is 556 g/mol. The van der Waals surface area contributed by atoms with Gasteiger partial charge in [-0.2, -0.15) is 0 Å². The molecule has 0 aromatic heterocycles. The minimum absolute atomic E-state index is 0.0296. The molecular formula is C40H66N2O3. The maximum absolute atomic E-state index is 12.7. The van der Waals surface area contributed by atoms with E-state index in [0.29, 0.717) is 52.9 Å². The summed E-state index contributed by atoms with van der Waals surface area (Å²) in [5.41, 5.74) is 3.42. The van der Waals surface area contributed by atoms with E-state index in [1.165, 1.54) is 76.2 Å². The zero-order valence-electron chi connectivity index (χ0n) is 29.8. The van der Waals surface area contributed by atoms with Gasteiger partial charge in [-0.1, -0.05) is 59.6 Å². The molecule has 10 atom stereocenters. The fraction of sp³-hybridized carbons (Fsp3) is 0.900. The quantitative estimate of drug-likeness (QED) is 0.199. The number of carbonyl (C=O) groups excluding carboxylic acids is 1. The molecule has 6 rings (SSSR count). The zero-order chi connectivity index (χ0) is 32.4. The van der Waals surface area contributed by atoms with Crippen LogP contribution in [0.5, 0.6) is 0 Å². The number of rotatable bonds is 9. The molecule has 1 heterocycles. The molecule has 0 bridgehead atoms. The molecule has 1 saturated heterocycles. The van der Waals surface area contributed by atoms with Gasteiger partial charge in [0.1, 0.15) is 6.04 Å². The Labute approximate surface area is 275 Å². The lowest BCUT2D eigenvalue weighted by molar-refractivity contribution is -0.231. The predicted molar refractivity (Wildman–Crippen MR) is 183 cm³/mol. The third-order valence-corrected chi connectivity index (χ3v) is 16.2. The van der Waals surface area contributed by atoms with Crippen LogP contribution >= 0.6 is 0 Å². The molecule has 5 heteroatoms. The molecule has 5 unspecified atom stereocenters. The highest BCUT2D eigenvalue weighted by Crippen LogP contribution is 2.76. The van der Waals surface area contributed by atoms with Gasteiger partial charge in [-0.05, 0) is 155 Å². The van der Waals surface area contributed by atoms with E-state index < -0.39 is 12.0 Å². The second-order valence-corrected chi connectivity index (χ2v) is 18.5. The molecule has 1 amide bonds. The molecule has 0 aromatic rings. The van der Waals surface area contributed by atoms with Crippen molar-refractivity contribution in [3.63, 3.8) is 0 Å². The van der Waals surface area contributed by atoms with Crippen LogP contribution in [0.2, 0.25) is 0 Å². The van der Waals surface area contributed by atoms with Gasteiger partial charge in [0.25, 0.3) is 0 Å². The monoisotopic (exact) mass is 623 g/mol. The van der Waals surface area contributed by atoms with Crippen molar-refractivity contribution in [2.24, 2.45) is 51.2 Å². The lowest BCUT2D eigenvalue weighted by Crippen LogP contribution is -2.68. The molecule has 0 radical (unpaired) electrons. The first-order valence-corrected chi connectivity index (χ1v) is 19.1. The Hall–Kier alpha value is -1.36. The van der Waals surface area contributed by atoms with E-state index in [1.807, 2.05) is 0 Å². The summed E-state index contributed by atoms with van der Waals surface area (Å²) >= 11 is 0.